The Labute approximate surface area is 87.4 Å². The molecule has 0 amide bonds. The summed E-state index contributed by atoms with van der Waals surface area (Å²) in [5.41, 5.74) is 5.51. The van der Waals surface area contributed by atoms with E-state index in [1.54, 1.807) is 7.11 Å². The molecule has 3 N–H and O–H groups in total. The normalized spacial score (nSPS) is 20.1. The van der Waals surface area contributed by atoms with Crippen LogP contribution >= 0.6 is 0 Å². The van der Waals surface area contributed by atoms with E-state index >= 15 is 0 Å². The quantitative estimate of drug-likeness (QED) is 0.650. The summed E-state index contributed by atoms with van der Waals surface area (Å²) in [4.78, 5) is 0. The minimum atomic E-state index is 0.506. The van der Waals surface area contributed by atoms with Crippen LogP contribution in [-0.2, 0) is 4.74 Å². The highest BCUT2D eigenvalue weighted by molar-refractivity contribution is 4.78. The SMILES string of the molecule is COCC(CCCN)NC1CCCC1. The van der Waals surface area contributed by atoms with Crippen LogP contribution < -0.4 is 11.1 Å². The van der Waals surface area contributed by atoms with Gasteiger partial charge in [-0.2, -0.15) is 0 Å². The lowest BCUT2D eigenvalue weighted by atomic mass is 10.1. The van der Waals surface area contributed by atoms with Gasteiger partial charge in [0.15, 0.2) is 0 Å². The topological polar surface area (TPSA) is 47.3 Å². The predicted octanol–water partition coefficient (Wildman–Crippen LogP) is 1.27. The summed E-state index contributed by atoms with van der Waals surface area (Å²) in [7, 11) is 1.77. The zero-order valence-electron chi connectivity index (χ0n) is 9.30. The molecular formula is C11H24N2O. The van der Waals surface area contributed by atoms with Gasteiger partial charge in [-0.15, -0.1) is 0 Å². The van der Waals surface area contributed by atoms with Crippen LogP contribution in [0.2, 0.25) is 0 Å². The van der Waals surface area contributed by atoms with Crippen molar-refractivity contribution in [1.29, 1.82) is 0 Å². The van der Waals surface area contributed by atoms with Crippen LogP contribution in [0, 0.1) is 0 Å². The summed E-state index contributed by atoms with van der Waals surface area (Å²) >= 11 is 0. The van der Waals surface area contributed by atoms with Crippen molar-refractivity contribution in [1.82, 2.24) is 5.32 Å². The molecule has 0 spiro atoms. The van der Waals surface area contributed by atoms with Crippen LogP contribution in [0.1, 0.15) is 38.5 Å². The minimum Gasteiger partial charge on any atom is -0.383 e. The average molecular weight is 200 g/mol. The molecule has 0 heterocycles. The summed E-state index contributed by atoms with van der Waals surface area (Å²) in [5, 5.41) is 3.67. The van der Waals surface area contributed by atoms with Gasteiger partial charge >= 0.3 is 0 Å². The largest absolute Gasteiger partial charge is 0.383 e. The number of nitrogens with two attached hydrogens (primary N) is 1. The van der Waals surface area contributed by atoms with Gasteiger partial charge in [-0.25, -0.2) is 0 Å². The number of methoxy groups -OCH3 is 1. The third-order valence-corrected chi connectivity index (χ3v) is 2.95. The van der Waals surface area contributed by atoms with Crippen molar-refractivity contribution in [3.63, 3.8) is 0 Å². The first-order valence-electron chi connectivity index (χ1n) is 5.82. The van der Waals surface area contributed by atoms with Crippen LogP contribution in [0.25, 0.3) is 0 Å². The van der Waals surface area contributed by atoms with Gasteiger partial charge in [0, 0.05) is 19.2 Å². The average Bonchev–Trinajstić information content (AvgIpc) is 2.67. The second kappa shape index (κ2) is 7.21. The van der Waals surface area contributed by atoms with E-state index in [-0.39, 0.29) is 0 Å². The molecule has 0 aliphatic heterocycles. The summed E-state index contributed by atoms with van der Waals surface area (Å²) in [6.45, 7) is 1.60. The second-order valence-electron chi connectivity index (χ2n) is 4.23. The van der Waals surface area contributed by atoms with Gasteiger partial charge in [0.2, 0.25) is 0 Å². The van der Waals surface area contributed by atoms with Crippen molar-refractivity contribution < 1.29 is 4.74 Å². The Morgan fingerprint density at radius 1 is 1.43 bits per heavy atom. The van der Waals surface area contributed by atoms with Gasteiger partial charge in [-0.05, 0) is 32.2 Å². The van der Waals surface area contributed by atoms with Gasteiger partial charge in [0.05, 0.1) is 6.61 Å². The number of rotatable bonds is 7. The molecule has 0 aromatic carbocycles. The summed E-state index contributed by atoms with van der Waals surface area (Å²) in [5.74, 6) is 0. The molecule has 0 bridgehead atoms. The summed E-state index contributed by atoms with van der Waals surface area (Å²) < 4.78 is 5.21. The fraction of sp³-hybridized carbons (Fsp3) is 1.00. The van der Waals surface area contributed by atoms with Crippen LogP contribution in [-0.4, -0.2) is 32.3 Å². The summed E-state index contributed by atoms with van der Waals surface area (Å²) in [6.07, 6.45) is 7.67. The zero-order chi connectivity index (χ0) is 10.2. The standard InChI is InChI=1S/C11H24N2O/c1-14-9-11(7-4-8-12)13-10-5-2-3-6-10/h10-11,13H,2-9,12H2,1H3. The molecule has 1 aliphatic rings. The van der Waals surface area contributed by atoms with Crippen molar-refractivity contribution in [2.24, 2.45) is 5.73 Å². The molecule has 1 unspecified atom stereocenters. The Hall–Kier alpha value is -0.120. The molecular weight excluding hydrogens is 176 g/mol. The number of hydrogen-bond donors (Lipinski definition) is 2. The van der Waals surface area contributed by atoms with E-state index in [2.05, 4.69) is 5.32 Å². The van der Waals surface area contributed by atoms with E-state index in [9.17, 15) is 0 Å². The first-order valence-corrected chi connectivity index (χ1v) is 5.82. The van der Waals surface area contributed by atoms with Crippen molar-refractivity contribution in [2.75, 3.05) is 20.3 Å². The highest BCUT2D eigenvalue weighted by atomic mass is 16.5. The first-order chi connectivity index (χ1) is 6.86. The smallest absolute Gasteiger partial charge is 0.0615 e. The Morgan fingerprint density at radius 3 is 2.71 bits per heavy atom. The van der Waals surface area contributed by atoms with Crippen LogP contribution in [0.4, 0.5) is 0 Å². The molecule has 0 aromatic heterocycles. The fourth-order valence-electron chi connectivity index (χ4n) is 2.21. The molecule has 1 fully saturated rings. The lowest BCUT2D eigenvalue weighted by molar-refractivity contribution is 0.155. The maximum atomic E-state index is 5.51. The maximum Gasteiger partial charge on any atom is 0.0615 e. The third kappa shape index (κ3) is 4.40. The van der Waals surface area contributed by atoms with Crippen LogP contribution in [0.3, 0.4) is 0 Å². The molecule has 3 nitrogen and oxygen atoms in total. The van der Waals surface area contributed by atoms with Crippen molar-refractivity contribution in [3.05, 3.63) is 0 Å². The van der Waals surface area contributed by atoms with Gasteiger partial charge in [-0.3, -0.25) is 0 Å². The molecule has 14 heavy (non-hydrogen) atoms. The van der Waals surface area contributed by atoms with Gasteiger partial charge in [-0.1, -0.05) is 12.8 Å². The molecule has 84 valence electrons. The molecule has 0 radical (unpaired) electrons. The molecule has 1 atom stereocenters. The predicted molar refractivity (Wildman–Crippen MR) is 59.3 cm³/mol. The zero-order valence-corrected chi connectivity index (χ0v) is 9.30. The molecule has 3 heteroatoms. The number of hydrogen-bond acceptors (Lipinski definition) is 3. The third-order valence-electron chi connectivity index (χ3n) is 2.95. The second-order valence-corrected chi connectivity index (χ2v) is 4.23. The van der Waals surface area contributed by atoms with Crippen LogP contribution in [0.15, 0.2) is 0 Å². The van der Waals surface area contributed by atoms with E-state index in [1.807, 2.05) is 0 Å². The van der Waals surface area contributed by atoms with Crippen molar-refractivity contribution >= 4 is 0 Å². The van der Waals surface area contributed by atoms with Crippen molar-refractivity contribution in [2.45, 2.75) is 50.6 Å². The highest BCUT2D eigenvalue weighted by Gasteiger charge is 2.18. The van der Waals surface area contributed by atoms with Crippen molar-refractivity contribution in [3.8, 4) is 0 Å². The van der Waals surface area contributed by atoms with E-state index < -0.39 is 0 Å². The lowest BCUT2D eigenvalue weighted by Gasteiger charge is -2.22. The molecule has 1 aliphatic carbocycles. The number of ether oxygens (including phenoxy) is 1. The molecule has 0 saturated heterocycles. The molecule has 1 rings (SSSR count). The fourth-order valence-corrected chi connectivity index (χ4v) is 2.21. The van der Waals surface area contributed by atoms with Crippen LogP contribution in [0.5, 0.6) is 0 Å². The van der Waals surface area contributed by atoms with Gasteiger partial charge in [0.1, 0.15) is 0 Å². The first kappa shape index (κ1) is 12.0. The Bertz CT molecular complexity index is 135. The van der Waals surface area contributed by atoms with E-state index in [0.29, 0.717) is 6.04 Å². The van der Waals surface area contributed by atoms with Gasteiger partial charge < -0.3 is 15.8 Å². The molecule has 1 saturated carbocycles. The van der Waals surface area contributed by atoms with E-state index in [4.69, 9.17) is 10.5 Å². The van der Waals surface area contributed by atoms with Gasteiger partial charge in [0.25, 0.3) is 0 Å². The summed E-state index contributed by atoms with van der Waals surface area (Å²) in [6, 6.07) is 1.24. The minimum absolute atomic E-state index is 0.506. The Morgan fingerprint density at radius 2 is 2.14 bits per heavy atom. The maximum absolute atomic E-state index is 5.51. The van der Waals surface area contributed by atoms with E-state index in [0.717, 1.165) is 32.0 Å². The lowest BCUT2D eigenvalue weighted by Crippen LogP contribution is -2.39. The monoisotopic (exact) mass is 200 g/mol. The Kier molecular flexibility index (Phi) is 6.15. The molecule has 0 aromatic rings. The van der Waals surface area contributed by atoms with E-state index in [1.165, 1.54) is 25.7 Å². The number of nitrogens with one attached hydrogen (secondary N) is 1. The Balaban J connectivity index is 2.18. The highest BCUT2D eigenvalue weighted by Crippen LogP contribution is 2.18.